The van der Waals surface area contributed by atoms with Gasteiger partial charge >= 0.3 is 0 Å². The second-order valence-electron chi connectivity index (χ2n) is 11.8. The number of hydrogen-bond donors (Lipinski definition) is 0. The number of imidazole rings is 1. The summed E-state index contributed by atoms with van der Waals surface area (Å²) in [5.41, 5.74) is 1.53. The van der Waals surface area contributed by atoms with Crippen LogP contribution in [0.2, 0.25) is 0 Å². The van der Waals surface area contributed by atoms with Crippen molar-refractivity contribution in [1.82, 2.24) is 4.57 Å². The molecule has 0 spiro atoms. The van der Waals surface area contributed by atoms with Crippen molar-refractivity contribution in [3.8, 4) is 6.07 Å². The number of aromatic nitrogens is 2. The molecule has 5 aromatic carbocycles. The SMILES string of the molecule is N#CC(=C=[N-])C1(C(c2ccc([N+](=O)[O-])cc2)n2c[n+](Cc3ccccc3)c3ccccc32)C(=O)N(Cc2ccccc2)c2ccc(F)cc21. The molecule has 238 valence electrons. The molecule has 0 saturated heterocycles. The minimum atomic E-state index is -2.06. The number of nitrogens with zero attached hydrogens (tertiary/aromatic N) is 6. The number of nitriles is 1. The van der Waals surface area contributed by atoms with Crippen molar-refractivity contribution in [2.45, 2.75) is 24.5 Å². The normalized spacial score (nSPS) is 15.8. The molecule has 2 atom stereocenters. The molecule has 6 aromatic rings. The summed E-state index contributed by atoms with van der Waals surface area (Å²) in [6, 6.07) is 37.1. The molecule has 0 N–H and O–H groups in total. The summed E-state index contributed by atoms with van der Waals surface area (Å²) >= 11 is 0. The topological polar surface area (TPSA) is 118 Å². The lowest BCUT2D eigenvalue weighted by atomic mass is 9.67. The Hall–Kier alpha value is -6.69. The monoisotopic (exact) mass is 646 g/mol. The smallest absolute Gasteiger partial charge is 0.269 e. The van der Waals surface area contributed by atoms with E-state index in [0.29, 0.717) is 23.3 Å². The maximum atomic E-state index is 15.4. The second-order valence-corrected chi connectivity index (χ2v) is 11.8. The molecule has 0 fully saturated rings. The third kappa shape index (κ3) is 5.15. The Bertz CT molecular complexity index is 2330. The highest BCUT2D eigenvalue weighted by Crippen LogP contribution is 2.55. The fourth-order valence-corrected chi connectivity index (χ4v) is 6.97. The van der Waals surface area contributed by atoms with E-state index in [9.17, 15) is 20.8 Å². The van der Waals surface area contributed by atoms with Crippen molar-refractivity contribution in [3.05, 3.63) is 183 Å². The van der Waals surface area contributed by atoms with Gasteiger partial charge in [-0.15, -0.1) is 0 Å². The van der Waals surface area contributed by atoms with Gasteiger partial charge < -0.3 is 10.3 Å². The summed E-state index contributed by atoms with van der Waals surface area (Å²) in [6.07, 6.45) is 1.82. The Morgan fingerprint density at radius 3 is 2.22 bits per heavy atom. The number of nitro groups is 1. The van der Waals surface area contributed by atoms with Crippen LogP contribution in [0.4, 0.5) is 15.8 Å². The van der Waals surface area contributed by atoms with Crippen LogP contribution in [0.3, 0.4) is 0 Å². The van der Waals surface area contributed by atoms with Crippen LogP contribution < -0.4 is 9.47 Å². The summed E-state index contributed by atoms with van der Waals surface area (Å²) < 4.78 is 19.2. The molecule has 2 heterocycles. The van der Waals surface area contributed by atoms with Crippen LogP contribution in [-0.4, -0.2) is 21.3 Å². The molecule has 0 saturated carbocycles. The molecule has 10 heteroatoms. The first-order chi connectivity index (χ1) is 23.9. The van der Waals surface area contributed by atoms with Crippen molar-refractivity contribution >= 4 is 34.2 Å². The van der Waals surface area contributed by atoms with E-state index in [1.165, 1.54) is 47.4 Å². The van der Waals surface area contributed by atoms with Gasteiger partial charge in [-0.1, -0.05) is 72.8 Å². The first-order valence-electron chi connectivity index (χ1n) is 15.5. The molecule has 9 nitrogen and oxygen atoms in total. The predicted molar refractivity (Wildman–Crippen MR) is 182 cm³/mol. The summed E-state index contributed by atoms with van der Waals surface area (Å²) in [4.78, 5) is 28.0. The zero-order valence-electron chi connectivity index (χ0n) is 26.0. The average Bonchev–Trinajstić information content (AvgIpc) is 3.59. The molecule has 2 unspecified atom stereocenters. The number of carbonyl (C=O) groups is 1. The summed E-state index contributed by atoms with van der Waals surface area (Å²) in [7, 11) is 0. The first-order valence-corrected chi connectivity index (χ1v) is 15.5. The minimum absolute atomic E-state index is 0.0948. The summed E-state index contributed by atoms with van der Waals surface area (Å²) in [5, 5.41) is 33.0. The Kier molecular flexibility index (Phi) is 7.89. The number of para-hydroxylation sites is 2. The largest absolute Gasteiger partial charge is 0.762 e. The molecule has 0 bridgehead atoms. The van der Waals surface area contributed by atoms with Crippen LogP contribution in [0.1, 0.15) is 28.3 Å². The summed E-state index contributed by atoms with van der Waals surface area (Å²) in [6.45, 7) is 0.554. The highest BCUT2D eigenvalue weighted by Gasteiger charge is 2.62. The lowest BCUT2D eigenvalue weighted by molar-refractivity contribution is -0.663. The average molecular weight is 647 g/mol. The van der Waals surface area contributed by atoms with Gasteiger partial charge in [0.2, 0.25) is 12.2 Å². The van der Waals surface area contributed by atoms with E-state index in [2.05, 4.69) is 0 Å². The van der Waals surface area contributed by atoms with Gasteiger partial charge in [-0.05, 0) is 59.2 Å². The number of nitro benzene ring substituents is 1. The van der Waals surface area contributed by atoms with E-state index in [1.54, 1.807) is 0 Å². The van der Waals surface area contributed by atoms with E-state index in [-0.39, 0.29) is 17.8 Å². The summed E-state index contributed by atoms with van der Waals surface area (Å²) in [5.74, 6) is 0.773. The molecule has 0 radical (unpaired) electrons. The number of fused-ring (bicyclic) bond motifs is 2. The lowest BCUT2D eigenvalue weighted by Crippen LogP contribution is -2.48. The highest BCUT2D eigenvalue weighted by molar-refractivity contribution is 6.13. The van der Waals surface area contributed by atoms with E-state index >= 15 is 9.18 Å². The maximum absolute atomic E-state index is 15.4. The number of hydrogen-bond acceptors (Lipinski definition) is 4. The van der Waals surface area contributed by atoms with Crippen molar-refractivity contribution in [2.75, 3.05) is 4.90 Å². The molecular formula is C39H27FN6O3. The minimum Gasteiger partial charge on any atom is -0.762 e. The maximum Gasteiger partial charge on any atom is 0.269 e. The number of benzene rings is 5. The lowest BCUT2D eigenvalue weighted by Gasteiger charge is -2.34. The van der Waals surface area contributed by atoms with Gasteiger partial charge in [0.1, 0.15) is 18.4 Å². The van der Waals surface area contributed by atoms with Gasteiger partial charge in [-0.3, -0.25) is 20.8 Å². The Morgan fingerprint density at radius 1 is 0.918 bits per heavy atom. The van der Waals surface area contributed by atoms with Gasteiger partial charge in [-0.2, -0.15) is 5.26 Å². The Morgan fingerprint density at radius 2 is 1.57 bits per heavy atom. The van der Waals surface area contributed by atoms with Crippen molar-refractivity contribution < 1.29 is 18.7 Å². The van der Waals surface area contributed by atoms with Crippen LogP contribution >= 0.6 is 0 Å². The van der Waals surface area contributed by atoms with Gasteiger partial charge in [0.05, 0.1) is 17.0 Å². The third-order valence-corrected chi connectivity index (χ3v) is 9.10. The predicted octanol–water partition coefficient (Wildman–Crippen LogP) is 6.79. The molecule has 7 rings (SSSR count). The highest BCUT2D eigenvalue weighted by atomic mass is 19.1. The fourth-order valence-electron chi connectivity index (χ4n) is 6.97. The Balaban J connectivity index is 1.56. The number of halogens is 1. The first kappa shape index (κ1) is 30.9. The van der Waals surface area contributed by atoms with Gasteiger partial charge in [0, 0.05) is 23.4 Å². The van der Waals surface area contributed by atoms with Crippen LogP contribution in [-0.2, 0) is 23.3 Å². The number of anilines is 1. The van der Waals surface area contributed by atoms with E-state index in [4.69, 9.17) is 0 Å². The molecule has 1 amide bonds. The van der Waals surface area contributed by atoms with E-state index in [0.717, 1.165) is 16.6 Å². The zero-order chi connectivity index (χ0) is 34.1. The van der Waals surface area contributed by atoms with Crippen molar-refractivity contribution in [3.63, 3.8) is 0 Å². The second kappa shape index (κ2) is 12.5. The molecule has 1 aliphatic rings. The number of rotatable bonds is 9. The van der Waals surface area contributed by atoms with Gasteiger partial charge in [0.25, 0.3) is 5.69 Å². The number of amides is 1. The van der Waals surface area contributed by atoms with E-state index in [1.807, 2.05) is 112 Å². The van der Waals surface area contributed by atoms with Gasteiger partial charge in [-0.25, -0.2) is 13.5 Å². The van der Waals surface area contributed by atoms with Crippen LogP contribution in [0, 0.1) is 27.3 Å². The molecule has 1 aromatic heterocycles. The van der Waals surface area contributed by atoms with Crippen molar-refractivity contribution in [2.24, 2.45) is 0 Å². The van der Waals surface area contributed by atoms with Gasteiger partial charge in [0.15, 0.2) is 22.5 Å². The molecule has 0 aliphatic carbocycles. The zero-order valence-corrected chi connectivity index (χ0v) is 26.0. The van der Waals surface area contributed by atoms with E-state index < -0.39 is 33.7 Å². The number of non-ortho nitro benzene ring substituents is 1. The number of carbonyl (C=O) groups excluding carboxylic acids is 1. The molecule has 49 heavy (non-hydrogen) atoms. The third-order valence-electron chi connectivity index (χ3n) is 9.10. The molecule has 1 aliphatic heterocycles. The van der Waals surface area contributed by atoms with Crippen molar-refractivity contribution in [1.29, 1.82) is 5.26 Å². The molecular weight excluding hydrogens is 619 g/mol. The van der Waals surface area contributed by atoms with Crippen LogP contribution in [0.5, 0.6) is 0 Å². The fraction of sp³-hybridized carbons (Fsp3) is 0.103. The Labute approximate surface area is 280 Å². The quantitative estimate of drug-likeness (QED) is 0.0565. The van der Waals surface area contributed by atoms with Crippen LogP contribution in [0.15, 0.2) is 139 Å². The van der Waals surface area contributed by atoms with Crippen LogP contribution in [0.25, 0.3) is 16.4 Å². The standard InChI is InChI=1S/C39H27FN6O3/c40-31-17-20-34-33(21-31)39(30(22-41)23-42,38(47)44(34)25-28-11-5-2-6-12-28)37(29-15-18-32(19-16-29)46(48)49)45-26-43(24-27-9-3-1-4-10-27)35-13-7-8-14-36(35)45/h1-21,26,37H,24-25H2.